The summed E-state index contributed by atoms with van der Waals surface area (Å²) in [4.78, 5) is 11.7. The number of hydrogen-bond donors (Lipinski definition) is 2. The first-order chi connectivity index (χ1) is 8.43. The molecular formula is C13H18ClNO3. The van der Waals surface area contributed by atoms with Crippen LogP contribution in [-0.2, 0) is 4.79 Å². The van der Waals surface area contributed by atoms with Crippen LogP contribution in [-0.4, -0.2) is 29.8 Å². The average molecular weight is 272 g/mol. The van der Waals surface area contributed by atoms with Gasteiger partial charge in [0.05, 0.1) is 6.61 Å². The van der Waals surface area contributed by atoms with Crippen LogP contribution in [0, 0.1) is 6.92 Å². The first-order valence-corrected chi connectivity index (χ1v) is 6.16. The maximum Gasteiger partial charge on any atom is 0.261 e. The third kappa shape index (κ3) is 4.20. The molecular weight excluding hydrogens is 254 g/mol. The standard InChI is InChI=1S/C13H18ClNO3/c1-8-6-11(14)4-5-12(8)18-10(3)13(17)15-9(2)7-16/h4-6,9-10,16H,7H2,1-3H3,(H,15,17)/t9-,10?/m1/s1. The smallest absolute Gasteiger partial charge is 0.261 e. The van der Waals surface area contributed by atoms with Gasteiger partial charge in [0, 0.05) is 11.1 Å². The van der Waals surface area contributed by atoms with Crippen molar-refractivity contribution in [2.75, 3.05) is 6.61 Å². The minimum atomic E-state index is -0.626. The molecule has 0 fully saturated rings. The van der Waals surface area contributed by atoms with Gasteiger partial charge in [0.1, 0.15) is 5.75 Å². The van der Waals surface area contributed by atoms with Crippen molar-refractivity contribution in [1.29, 1.82) is 0 Å². The largest absolute Gasteiger partial charge is 0.481 e. The fourth-order valence-corrected chi connectivity index (χ4v) is 1.62. The Bertz CT molecular complexity index is 423. The topological polar surface area (TPSA) is 58.6 Å². The fraction of sp³-hybridized carbons (Fsp3) is 0.462. The molecule has 2 atom stereocenters. The molecule has 0 saturated carbocycles. The van der Waals surface area contributed by atoms with Crippen LogP contribution in [0.3, 0.4) is 0 Å². The number of carbonyl (C=O) groups excluding carboxylic acids is 1. The second-order valence-electron chi connectivity index (χ2n) is 4.26. The van der Waals surface area contributed by atoms with Gasteiger partial charge in [-0.3, -0.25) is 4.79 Å². The van der Waals surface area contributed by atoms with Crippen LogP contribution < -0.4 is 10.1 Å². The maximum atomic E-state index is 11.7. The van der Waals surface area contributed by atoms with Crippen LogP contribution in [0.15, 0.2) is 18.2 Å². The van der Waals surface area contributed by atoms with Crippen LogP contribution >= 0.6 is 11.6 Å². The van der Waals surface area contributed by atoms with Crippen LogP contribution in [0.4, 0.5) is 0 Å². The van der Waals surface area contributed by atoms with Gasteiger partial charge in [-0.05, 0) is 44.5 Å². The molecule has 18 heavy (non-hydrogen) atoms. The number of ether oxygens (including phenoxy) is 1. The van der Waals surface area contributed by atoms with E-state index in [0.29, 0.717) is 10.8 Å². The van der Waals surface area contributed by atoms with Gasteiger partial charge in [-0.2, -0.15) is 0 Å². The van der Waals surface area contributed by atoms with Crippen molar-refractivity contribution in [3.05, 3.63) is 28.8 Å². The monoisotopic (exact) mass is 271 g/mol. The zero-order chi connectivity index (χ0) is 13.7. The lowest BCUT2D eigenvalue weighted by molar-refractivity contribution is -0.128. The molecule has 0 radical (unpaired) electrons. The summed E-state index contributed by atoms with van der Waals surface area (Å²) in [5.41, 5.74) is 0.873. The van der Waals surface area contributed by atoms with Crippen molar-refractivity contribution in [3.63, 3.8) is 0 Å². The van der Waals surface area contributed by atoms with E-state index in [1.54, 1.807) is 32.0 Å². The lowest BCUT2D eigenvalue weighted by Crippen LogP contribution is -2.42. The molecule has 1 rings (SSSR count). The van der Waals surface area contributed by atoms with Crippen LogP contribution in [0.5, 0.6) is 5.75 Å². The Morgan fingerprint density at radius 3 is 2.72 bits per heavy atom. The van der Waals surface area contributed by atoms with E-state index in [2.05, 4.69) is 5.32 Å². The van der Waals surface area contributed by atoms with Gasteiger partial charge in [-0.1, -0.05) is 11.6 Å². The Morgan fingerprint density at radius 2 is 2.17 bits per heavy atom. The van der Waals surface area contributed by atoms with Gasteiger partial charge >= 0.3 is 0 Å². The highest BCUT2D eigenvalue weighted by Crippen LogP contribution is 2.22. The molecule has 1 amide bonds. The Hall–Kier alpha value is -1.26. The van der Waals surface area contributed by atoms with E-state index >= 15 is 0 Å². The van der Waals surface area contributed by atoms with Crippen molar-refractivity contribution < 1.29 is 14.6 Å². The van der Waals surface area contributed by atoms with E-state index in [-0.39, 0.29) is 18.6 Å². The summed E-state index contributed by atoms with van der Waals surface area (Å²) in [5.74, 6) is 0.365. The van der Waals surface area contributed by atoms with Gasteiger partial charge in [0.25, 0.3) is 5.91 Å². The second kappa shape index (κ2) is 6.61. The average Bonchev–Trinajstić information content (AvgIpc) is 2.32. The van der Waals surface area contributed by atoms with Crippen molar-refractivity contribution in [3.8, 4) is 5.75 Å². The van der Waals surface area contributed by atoms with Crippen LogP contribution in [0.1, 0.15) is 19.4 Å². The summed E-state index contributed by atoms with van der Waals surface area (Å²) in [7, 11) is 0. The number of aliphatic hydroxyl groups excluding tert-OH is 1. The molecule has 2 N–H and O–H groups in total. The number of hydrogen-bond acceptors (Lipinski definition) is 3. The lowest BCUT2D eigenvalue weighted by atomic mass is 10.2. The molecule has 0 heterocycles. The van der Waals surface area contributed by atoms with Crippen LogP contribution in [0.25, 0.3) is 0 Å². The number of aliphatic hydroxyl groups is 1. The van der Waals surface area contributed by atoms with Crippen molar-refractivity contribution in [1.82, 2.24) is 5.32 Å². The number of amides is 1. The Balaban J connectivity index is 2.63. The van der Waals surface area contributed by atoms with E-state index in [9.17, 15) is 4.79 Å². The maximum absolute atomic E-state index is 11.7. The van der Waals surface area contributed by atoms with E-state index in [0.717, 1.165) is 5.56 Å². The zero-order valence-corrected chi connectivity index (χ0v) is 11.5. The van der Waals surface area contributed by atoms with Gasteiger partial charge in [0.2, 0.25) is 0 Å². The summed E-state index contributed by atoms with van der Waals surface area (Å²) in [5, 5.41) is 12.1. The van der Waals surface area contributed by atoms with Crippen molar-refractivity contribution >= 4 is 17.5 Å². The zero-order valence-electron chi connectivity index (χ0n) is 10.7. The molecule has 1 aromatic rings. The highest BCUT2D eigenvalue weighted by Gasteiger charge is 2.17. The summed E-state index contributed by atoms with van der Waals surface area (Å²) in [6.07, 6.45) is -0.626. The molecule has 4 nitrogen and oxygen atoms in total. The normalized spacial score (nSPS) is 13.8. The van der Waals surface area contributed by atoms with E-state index in [1.165, 1.54) is 0 Å². The first kappa shape index (κ1) is 14.8. The van der Waals surface area contributed by atoms with Gasteiger partial charge in [0.15, 0.2) is 6.10 Å². The minimum absolute atomic E-state index is 0.0988. The van der Waals surface area contributed by atoms with Gasteiger partial charge in [-0.25, -0.2) is 0 Å². The minimum Gasteiger partial charge on any atom is -0.481 e. The fourth-order valence-electron chi connectivity index (χ4n) is 1.39. The summed E-state index contributed by atoms with van der Waals surface area (Å²) in [6.45, 7) is 5.15. The number of halogens is 1. The Kier molecular flexibility index (Phi) is 5.44. The first-order valence-electron chi connectivity index (χ1n) is 5.78. The third-order valence-corrected chi connectivity index (χ3v) is 2.71. The molecule has 0 bridgehead atoms. The number of benzene rings is 1. The molecule has 100 valence electrons. The van der Waals surface area contributed by atoms with E-state index in [1.807, 2.05) is 6.92 Å². The highest BCUT2D eigenvalue weighted by molar-refractivity contribution is 6.30. The quantitative estimate of drug-likeness (QED) is 0.860. The molecule has 0 aliphatic rings. The predicted molar refractivity (Wildman–Crippen MR) is 71.0 cm³/mol. The summed E-state index contributed by atoms with van der Waals surface area (Å²) in [6, 6.07) is 4.94. The lowest BCUT2D eigenvalue weighted by Gasteiger charge is -2.18. The Labute approximate surface area is 112 Å². The van der Waals surface area contributed by atoms with Crippen molar-refractivity contribution in [2.24, 2.45) is 0 Å². The van der Waals surface area contributed by atoms with Crippen molar-refractivity contribution in [2.45, 2.75) is 32.9 Å². The Morgan fingerprint density at radius 1 is 1.50 bits per heavy atom. The van der Waals surface area contributed by atoms with Crippen LogP contribution in [0.2, 0.25) is 5.02 Å². The molecule has 0 aliphatic carbocycles. The molecule has 5 heteroatoms. The highest BCUT2D eigenvalue weighted by atomic mass is 35.5. The third-order valence-electron chi connectivity index (χ3n) is 2.47. The molecule has 1 aromatic carbocycles. The molecule has 1 unspecified atom stereocenters. The van der Waals surface area contributed by atoms with E-state index in [4.69, 9.17) is 21.4 Å². The molecule has 0 aliphatic heterocycles. The SMILES string of the molecule is Cc1cc(Cl)ccc1OC(C)C(=O)N[C@H](C)CO. The van der Waals surface area contributed by atoms with Gasteiger partial charge < -0.3 is 15.2 Å². The predicted octanol–water partition coefficient (Wildman–Crippen LogP) is 1.91. The number of nitrogens with one attached hydrogen (secondary N) is 1. The summed E-state index contributed by atoms with van der Waals surface area (Å²) >= 11 is 5.84. The second-order valence-corrected chi connectivity index (χ2v) is 4.70. The number of aryl methyl sites for hydroxylation is 1. The molecule has 0 spiro atoms. The van der Waals surface area contributed by atoms with E-state index < -0.39 is 6.10 Å². The molecule has 0 aromatic heterocycles. The molecule has 0 saturated heterocycles. The van der Waals surface area contributed by atoms with Gasteiger partial charge in [-0.15, -0.1) is 0 Å². The summed E-state index contributed by atoms with van der Waals surface area (Å²) < 4.78 is 5.55. The number of rotatable bonds is 5. The number of carbonyl (C=O) groups is 1.